The first kappa shape index (κ1) is 17.2. The van der Waals surface area contributed by atoms with Crippen LogP contribution in [-0.4, -0.2) is 37.4 Å². The maximum absolute atomic E-state index is 12.9. The van der Waals surface area contributed by atoms with Gasteiger partial charge in [-0.2, -0.15) is 9.78 Å². The lowest BCUT2D eigenvalue weighted by Gasteiger charge is -2.03. The molecule has 1 aromatic carbocycles. The average Bonchev–Trinajstić information content (AvgIpc) is 3.23. The van der Waals surface area contributed by atoms with Crippen LogP contribution in [-0.2, 0) is 6.42 Å². The summed E-state index contributed by atoms with van der Waals surface area (Å²) >= 11 is 0. The van der Waals surface area contributed by atoms with E-state index in [0.717, 1.165) is 6.42 Å². The van der Waals surface area contributed by atoms with Crippen molar-refractivity contribution in [3.63, 3.8) is 0 Å². The normalized spacial score (nSPS) is 11.2. The average molecular weight is 358 g/mol. The predicted octanol–water partition coefficient (Wildman–Crippen LogP) is 1.09. The van der Waals surface area contributed by atoms with Crippen molar-refractivity contribution in [2.75, 3.05) is 5.73 Å². The van der Waals surface area contributed by atoms with Gasteiger partial charge in [0.05, 0.1) is 11.9 Å². The van der Waals surface area contributed by atoms with Gasteiger partial charge in [-0.1, -0.05) is 30.7 Å². The first-order chi connectivity index (χ1) is 12.6. The number of nitrogen functional groups attached to an aromatic ring is 1. The molecule has 2 aromatic heterocycles. The summed E-state index contributed by atoms with van der Waals surface area (Å²) in [6, 6.07) is 5.66. The number of anilines is 1. The number of aromatic nitrogens is 5. The minimum Gasteiger partial charge on any atom is -0.378 e. The van der Waals surface area contributed by atoms with Crippen molar-refractivity contribution in [3.05, 3.63) is 47.0 Å². The van der Waals surface area contributed by atoms with Crippen LogP contribution < -0.4 is 11.2 Å². The summed E-state index contributed by atoms with van der Waals surface area (Å²) in [5.41, 5.74) is 9.26. The molecule has 0 aliphatic heterocycles. The van der Waals surface area contributed by atoms with Crippen LogP contribution in [0.4, 0.5) is 10.2 Å². The number of hydrogen-bond donors (Lipinski definition) is 2. The Hall–Kier alpha value is -3.63. The van der Waals surface area contributed by atoms with E-state index in [4.69, 9.17) is 5.73 Å². The van der Waals surface area contributed by atoms with Gasteiger partial charge >= 0.3 is 0 Å². The first-order valence-electron chi connectivity index (χ1n) is 7.72. The molecular weight excluding hydrogens is 343 g/mol. The highest BCUT2D eigenvalue weighted by molar-refractivity contribution is 5.94. The number of halogens is 1. The number of benzene rings is 1. The van der Waals surface area contributed by atoms with Crippen molar-refractivity contribution in [3.8, 4) is 5.82 Å². The van der Waals surface area contributed by atoms with Crippen molar-refractivity contribution in [1.29, 1.82) is 0 Å². The summed E-state index contributed by atoms with van der Waals surface area (Å²) in [6.07, 6.45) is 2.63. The van der Waals surface area contributed by atoms with Gasteiger partial charge in [-0.3, -0.25) is 4.79 Å². The molecule has 0 bridgehead atoms. The van der Waals surface area contributed by atoms with E-state index in [1.807, 2.05) is 6.92 Å². The number of hydrogen-bond acceptors (Lipinski definition) is 8. The van der Waals surface area contributed by atoms with E-state index in [1.54, 1.807) is 0 Å². The molecule has 26 heavy (non-hydrogen) atoms. The molecule has 0 atom stereocenters. The quantitative estimate of drug-likeness (QED) is 0.497. The van der Waals surface area contributed by atoms with E-state index in [0.29, 0.717) is 17.7 Å². The van der Waals surface area contributed by atoms with Crippen LogP contribution in [0.5, 0.6) is 0 Å². The first-order valence-corrected chi connectivity index (χ1v) is 7.72. The minimum atomic E-state index is -0.548. The predicted molar refractivity (Wildman–Crippen MR) is 89.1 cm³/mol. The summed E-state index contributed by atoms with van der Waals surface area (Å²) < 4.78 is 18.7. The van der Waals surface area contributed by atoms with E-state index >= 15 is 0 Å². The zero-order valence-electron chi connectivity index (χ0n) is 13.8. The fourth-order valence-electron chi connectivity index (χ4n) is 2.21. The van der Waals surface area contributed by atoms with Crippen LogP contribution in [0.3, 0.4) is 0 Å². The maximum atomic E-state index is 12.9. The summed E-state index contributed by atoms with van der Waals surface area (Å²) in [5.74, 6) is -0.704. The molecule has 3 N–H and O–H groups in total. The molecular formula is C15H15FN8O2. The Balaban J connectivity index is 1.79. The molecule has 2 heterocycles. The fourth-order valence-corrected chi connectivity index (χ4v) is 2.21. The molecule has 11 heteroatoms. The highest BCUT2D eigenvalue weighted by Crippen LogP contribution is 2.17. The number of carbonyl (C=O) groups is 1. The largest absolute Gasteiger partial charge is 0.378 e. The molecule has 0 radical (unpaired) electrons. The summed E-state index contributed by atoms with van der Waals surface area (Å²) in [5, 5.41) is 18.8. The summed E-state index contributed by atoms with van der Waals surface area (Å²) in [4.78, 5) is 12.4. The lowest BCUT2D eigenvalue weighted by molar-refractivity contribution is 0.0949. The molecule has 0 saturated carbocycles. The van der Waals surface area contributed by atoms with Gasteiger partial charge < -0.3 is 5.73 Å². The summed E-state index contributed by atoms with van der Waals surface area (Å²) in [6.45, 7) is 1.94. The lowest BCUT2D eigenvalue weighted by Crippen LogP contribution is -2.20. The SMILES string of the molecule is CCCc1c(C(=O)N/N=C\c2ccc(F)cc2)nnn1-c1nonc1N. The third kappa shape index (κ3) is 3.55. The second-order valence-corrected chi connectivity index (χ2v) is 5.27. The Morgan fingerprint density at radius 2 is 2.15 bits per heavy atom. The molecule has 1 amide bonds. The van der Waals surface area contributed by atoms with Gasteiger partial charge in [0, 0.05) is 0 Å². The molecule has 0 fully saturated rings. The molecule has 3 rings (SSSR count). The van der Waals surface area contributed by atoms with E-state index in [-0.39, 0.29) is 23.1 Å². The van der Waals surface area contributed by atoms with Crippen LogP contribution in [0.2, 0.25) is 0 Å². The Morgan fingerprint density at radius 1 is 1.38 bits per heavy atom. The van der Waals surface area contributed by atoms with Gasteiger partial charge in [0.15, 0.2) is 5.69 Å². The van der Waals surface area contributed by atoms with Crippen molar-refractivity contribution in [2.24, 2.45) is 5.10 Å². The molecule has 0 spiro atoms. The van der Waals surface area contributed by atoms with Gasteiger partial charge in [-0.25, -0.2) is 14.4 Å². The second-order valence-electron chi connectivity index (χ2n) is 5.27. The van der Waals surface area contributed by atoms with Gasteiger partial charge in [0.2, 0.25) is 11.6 Å². The Morgan fingerprint density at radius 3 is 2.81 bits per heavy atom. The highest BCUT2D eigenvalue weighted by Gasteiger charge is 2.23. The van der Waals surface area contributed by atoms with Crippen molar-refractivity contribution < 1.29 is 13.8 Å². The molecule has 0 aliphatic rings. The number of nitrogens with two attached hydrogens (primary N) is 1. The molecule has 0 unspecified atom stereocenters. The molecule has 0 aliphatic carbocycles. The minimum absolute atomic E-state index is 0.0357. The topological polar surface area (TPSA) is 137 Å². The van der Waals surface area contributed by atoms with Gasteiger partial charge in [-0.05, 0) is 34.4 Å². The molecule has 134 valence electrons. The van der Waals surface area contributed by atoms with Crippen LogP contribution in [0, 0.1) is 5.82 Å². The zero-order valence-corrected chi connectivity index (χ0v) is 13.8. The number of carbonyl (C=O) groups excluding carboxylic acids is 1. The maximum Gasteiger partial charge on any atom is 0.293 e. The highest BCUT2D eigenvalue weighted by atomic mass is 19.1. The third-order valence-electron chi connectivity index (χ3n) is 3.41. The van der Waals surface area contributed by atoms with E-state index < -0.39 is 5.91 Å². The van der Waals surface area contributed by atoms with Crippen molar-refractivity contribution in [2.45, 2.75) is 19.8 Å². The van der Waals surface area contributed by atoms with Crippen LogP contribution >= 0.6 is 0 Å². The number of nitrogens with one attached hydrogen (secondary N) is 1. The number of amides is 1. The number of hydrazone groups is 1. The van der Waals surface area contributed by atoms with Crippen LogP contribution in [0.1, 0.15) is 35.1 Å². The van der Waals surface area contributed by atoms with Crippen LogP contribution in [0.15, 0.2) is 34.0 Å². The fraction of sp³-hybridized carbons (Fsp3) is 0.200. The number of nitrogens with zero attached hydrogens (tertiary/aromatic N) is 6. The number of rotatable bonds is 6. The molecule has 0 saturated heterocycles. The molecule has 10 nitrogen and oxygen atoms in total. The Kier molecular flexibility index (Phi) is 4.97. The third-order valence-corrected chi connectivity index (χ3v) is 3.41. The standard InChI is InChI=1S/C15H15FN8O2/c1-2-3-11-12(19-23-24(11)14-13(17)21-26-22-14)15(25)20-18-8-9-4-6-10(16)7-5-9/h4-8H,2-3H2,1H3,(H2,17,21)(H,20,25)/b18-8-. The Bertz CT molecular complexity index is 932. The van der Waals surface area contributed by atoms with Gasteiger partial charge in [0.25, 0.3) is 5.91 Å². The van der Waals surface area contributed by atoms with Gasteiger partial charge in [0.1, 0.15) is 5.82 Å². The monoisotopic (exact) mass is 358 g/mol. The second kappa shape index (κ2) is 7.51. The smallest absolute Gasteiger partial charge is 0.293 e. The van der Waals surface area contributed by atoms with E-state index in [1.165, 1.54) is 35.2 Å². The Labute approximate surface area is 146 Å². The lowest BCUT2D eigenvalue weighted by atomic mass is 10.2. The van der Waals surface area contributed by atoms with E-state index in [2.05, 4.69) is 35.8 Å². The van der Waals surface area contributed by atoms with Crippen LogP contribution in [0.25, 0.3) is 5.82 Å². The molecule has 3 aromatic rings. The van der Waals surface area contributed by atoms with Crippen molar-refractivity contribution in [1.82, 2.24) is 30.7 Å². The summed E-state index contributed by atoms with van der Waals surface area (Å²) in [7, 11) is 0. The zero-order chi connectivity index (χ0) is 18.5. The van der Waals surface area contributed by atoms with Gasteiger partial charge in [-0.15, -0.1) is 5.10 Å². The van der Waals surface area contributed by atoms with Crippen molar-refractivity contribution >= 4 is 17.9 Å². The van der Waals surface area contributed by atoms with E-state index in [9.17, 15) is 9.18 Å².